The summed E-state index contributed by atoms with van der Waals surface area (Å²) < 4.78 is 41.0. The Balaban J connectivity index is 1.91. The first-order valence-corrected chi connectivity index (χ1v) is 8.08. The van der Waals surface area contributed by atoms with Gasteiger partial charge in [0.15, 0.2) is 0 Å². The number of hydrogen-bond acceptors (Lipinski definition) is 5. The van der Waals surface area contributed by atoms with Gasteiger partial charge in [0.25, 0.3) is 17.5 Å². The zero-order valence-electron chi connectivity index (χ0n) is 12.9. The summed E-state index contributed by atoms with van der Waals surface area (Å²) in [4.78, 5) is 40.8. The fourth-order valence-electron chi connectivity index (χ4n) is 2.38. The highest BCUT2D eigenvalue weighted by Gasteiger charge is 2.68. The highest BCUT2D eigenvalue weighted by atomic mass is 32.1. The Labute approximate surface area is 148 Å². The molecule has 1 aliphatic rings. The van der Waals surface area contributed by atoms with Crippen molar-refractivity contribution in [2.45, 2.75) is 18.4 Å². The van der Waals surface area contributed by atoms with Crippen LogP contribution in [0.25, 0.3) is 0 Å². The molecule has 0 bridgehead atoms. The number of urea groups is 1. The number of carbonyl (C=O) groups excluding carboxylic acids is 3. The Morgan fingerprint density at radius 2 is 2.08 bits per heavy atom. The standard InChI is InChI=1S/C15H11F3N4O3S/c16-15(17,18)14(20-11(23)10-4-2-6-26-10)12(24)22(13(25)21-14)8-9-3-1-5-19-7-9/h1-7H,8H2,(H,20,23)(H,21,25)/t14-/m0/s1. The van der Waals surface area contributed by atoms with Gasteiger partial charge in [-0.2, -0.15) is 13.2 Å². The second-order valence-corrected chi connectivity index (χ2v) is 6.31. The van der Waals surface area contributed by atoms with E-state index in [0.29, 0.717) is 10.5 Å². The van der Waals surface area contributed by atoms with E-state index in [1.54, 1.807) is 10.6 Å². The van der Waals surface area contributed by atoms with Gasteiger partial charge >= 0.3 is 12.2 Å². The van der Waals surface area contributed by atoms with E-state index >= 15 is 0 Å². The van der Waals surface area contributed by atoms with Crippen LogP contribution in [0.2, 0.25) is 0 Å². The van der Waals surface area contributed by atoms with Crippen molar-refractivity contribution < 1.29 is 27.6 Å². The Kier molecular flexibility index (Phi) is 4.40. The first kappa shape index (κ1) is 17.9. The van der Waals surface area contributed by atoms with E-state index in [1.165, 1.54) is 42.0 Å². The maximum Gasteiger partial charge on any atom is 0.440 e. The lowest BCUT2D eigenvalue weighted by atomic mass is 10.1. The van der Waals surface area contributed by atoms with Crippen molar-refractivity contribution in [2.75, 3.05) is 0 Å². The maximum absolute atomic E-state index is 13.7. The third-order valence-corrected chi connectivity index (χ3v) is 4.51. The topological polar surface area (TPSA) is 91.4 Å². The van der Waals surface area contributed by atoms with Crippen molar-refractivity contribution >= 4 is 29.2 Å². The predicted octanol–water partition coefficient (Wildman–Crippen LogP) is 1.88. The number of aromatic nitrogens is 1. The molecule has 136 valence electrons. The molecule has 1 atom stereocenters. The lowest BCUT2D eigenvalue weighted by Crippen LogP contribution is -2.69. The van der Waals surface area contributed by atoms with Gasteiger partial charge in [-0.15, -0.1) is 11.3 Å². The summed E-state index contributed by atoms with van der Waals surface area (Å²) in [7, 11) is 0. The van der Waals surface area contributed by atoms with Crippen LogP contribution in [0, 0.1) is 0 Å². The minimum absolute atomic E-state index is 0.0265. The molecule has 3 rings (SSSR count). The van der Waals surface area contributed by atoms with Crippen LogP contribution in [-0.4, -0.2) is 39.6 Å². The van der Waals surface area contributed by atoms with Crippen molar-refractivity contribution in [1.82, 2.24) is 20.5 Å². The number of nitrogens with one attached hydrogen (secondary N) is 2. The maximum atomic E-state index is 13.7. The number of thiophene rings is 1. The molecule has 0 unspecified atom stereocenters. The molecule has 0 saturated carbocycles. The molecular weight excluding hydrogens is 373 g/mol. The molecule has 4 amide bonds. The van der Waals surface area contributed by atoms with E-state index < -0.39 is 36.2 Å². The first-order chi connectivity index (χ1) is 12.2. The minimum atomic E-state index is -5.24. The fraction of sp³-hybridized carbons (Fsp3) is 0.200. The average Bonchev–Trinajstić information content (AvgIpc) is 3.19. The predicted molar refractivity (Wildman–Crippen MR) is 83.9 cm³/mol. The molecule has 1 saturated heterocycles. The van der Waals surface area contributed by atoms with Gasteiger partial charge in [0.2, 0.25) is 0 Å². The SMILES string of the molecule is O=C(N[C@]1(C(F)(F)F)NC(=O)N(Cc2cccnc2)C1=O)c1cccs1. The van der Waals surface area contributed by atoms with Crippen LogP contribution in [-0.2, 0) is 11.3 Å². The number of hydrogen-bond donors (Lipinski definition) is 2. The zero-order chi connectivity index (χ0) is 18.9. The Morgan fingerprint density at radius 3 is 2.65 bits per heavy atom. The van der Waals surface area contributed by atoms with Crippen molar-refractivity contribution in [3.8, 4) is 0 Å². The van der Waals surface area contributed by atoms with Crippen molar-refractivity contribution in [2.24, 2.45) is 0 Å². The molecule has 0 aromatic carbocycles. The van der Waals surface area contributed by atoms with Crippen LogP contribution in [0.4, 0.5) is 18.0 Å². The van der Waals surface area contributed by atoms with E-state index in [1.807, 2.05) is 0 Å². The summed E-state index contributed by atoms with van der Waals surface area (Å²) in [5.74, 6) is -2.72. The second kappa shape index (κ2) is 6.41. The fourth-order valence-corrected chi connectivity index (χ4v) is 3.00. The van der Waals surface area contributed by atoms with Crippen LogP contribution in [0.3, 0.4) is 0 Å². The van der Waals surface area contributed by atoms with E-state index in [0.717, 1.165) is 11.3 Å². The van der Waals surface area contributed by atoms with E-state index in [-0.39, 0.29) is 4.88 Å². The van der Waals surface area contributed by atoms with Crippen LogP contribution < -0.4 is 10.6 Å². The van der Waals surface area contributed by atoms with Crippen LogP contribution in [0.1, 0.15) is 15.2 Å². The third-order valence-electron chi connectivity index (χ3n) is 3.64. The highest BCUT2D eigenvalue weighted by molar-refractivity contribution is 7.12. The van der Waals surface area contributed by atoms with E-state index in [2.05, 4.69) is 4.98 Å². The number of carbonyl (C=O) groups is 3. The largest absolute Gasteiger partial charge is 0.440 e. The Morgan fingerprint density at radius 1 is 1.31 bits per heavy atom. The normalized spacial score (nSPS) is 20.2. The number of imide groups is 1. The van der Waals surface area contributed by atoms with Gasteiger partial charge in [-0.05, 0) is 23.1 Å². The lowest BCUT2D eigenvalue weighted by molar-refractivity contribution is -0.200. The molecule has 1 fully saturated rings. The highest BCUT2D eigenvalue weighted by Crippen LogP contribution is 2.34. The molecule has 7 nitrogen and oxygen atoms in total. The van der Waals surface area contributed by atoms with E-state index in [9.17, 15) is 27.6 Å². The summed E-state index contributed by atoms with van der Waals surface area (Å²) >= 11 is 0.904. The number of amides is 4. The molecule has 3 heterocycles. The molecule has 0 spiro atoms. The quantitative estimate of drug-likeness (QED) is 0.788. The third kappa shape index (κ3) is 3.01. The van der Waals surface area contributed by atoms with Gasteiger partial charge in [0.1, 0.15) is 0 Å². The number of halogens is 3. The van der Waals surface area contributed by atoms with Crippen molar-refractivity contribution in [3.05, 3.63) is 52.5 Å². The van der Waals surface area contributed by atoms with E-state index in [4.69, 9.17) is 0 Å². The van der Waals surface area contributed by atoms with Crippen LogP contribution in [0.5, 0.6) is 0 Å². The van der Waals surface area contributed by atoms with Gasteiger partial charge < -0.3 is 5.32 Å². The monoisotopic (exact) mass is 384 g/mol. The first-order valence-electron chi connectivity index (χ1n) is 7.20. The Hall–Kier alpha value is -2.95. The van der Waals surface area contributed by atoms with Crippen LogP contribution >= 0.6 is 11.3 Å². The molecular formula is C15H11F3N4O3S. The number of rotatable bonds is 4. The number of alkyl halides is 3. The molecule has 11 heteroatoms. The van der Waals surface area contributed by atoms with Crippen molar-refractivity contribution in [3.63, 3.8) is 0 Å². The van der Waals surface area contributed by atoms with Crippen LogP contribution in [0.15, 0.2) is 42.0 Å². The van der Waals surface area contributed by atoms with Gasteiger partial charge in [0.05, 0.1) is 11.4 Å². The molecule has 2 aromatic rings. The van der Waals surface area contributed by atoms with Gasteiger partial charge in [-0.1, -0.05) is 12.1 Å². The zero-order valence-corrected chi connectivity index (χ0v) is 13.7. The molecule has 2 aromatic heterocycles. The van der Waals surface area contributed by atoms with Gasteiger partial charge in [-0.25, -0.2) is 4.79 Å². The number of pyridine rings is 1. The molecule has 26 heavy (non-hydrogen) atoms. The molecule has 2 N–H and O–H groups in total. The summed E-state index contributed by atoms with van der Waals surface area (Å²) in [5, 5.41) is 4.72. The average molecular weight is 384 g/mol. The summed E-state index contributed by atoms with van der Waals surface area (Å²) in [5.41, 5.74) is -3.16. The van der Waals surface area contributed by atoms with Crippen molar-refractivity contribution in [1.29, 1.82) is 0 Å². The summed E-state index contributed by atoms with van der Waals surface area (Å²) in [6.07, 6.45) is -2.48. The smallest absolute Gasteiger partial charge is 0.313 e. The summed E-state index contributed by atoms with van der Waals surface area (Å²) in [6.45, 7) is -0.411. The molecule has 0 radical (unpaired) electrons. The molecule has 0 aliphatic carbocycles. The number of nitrogens with zero attached hydrogens (tertiary/aromatic N) is 2. The lowest BCUT2D eigenvalue weighted by Gasteiger charge is -2.29. The Bertz CT molecular complexity index is 842. The van der Waals surface area contributed by atoms with Gasteiger partial charge in [0, 0.05) is 12.4 Å². The summed E-state index contributed by atoms with van der Waals surface area (Å²) in [6, 6.07) is 4.54. The second-order valence-electron chi connectivity index (χ2n) is 5.36. The molecule has 1 aliphatic heterocycles. The van der Waals surface area contributed by atoms with Gasteiger partial charge in [-0.3, -0.25) is 24.8 Å². The minimum Gasteiger partial charge on any atom is -0.313 e.